The van der Waals surface area contributed by atoms with Crippen LogP contribution in [0, 0.1) is 0 Å². The smallest absolute Gasteiger partial charge is 0.195 e. The number of carbonyl (C=O) groups is 1. The lowest BCUT2D eigenvalue weighted by Gasteiger charge is -2.48. The molecule has 0 saturated heterocycles. The SMILES string of the molecule is O=C(c1ccccc1)c1ccccc1N(C1CCC1)C1CCC1. The van der Waals surface area contributed by atoms with Gasteiger partial charge < -0.3 is 4.90 Å². The molecule has 0 spiro atoms. The van der Waals surface area contributed by atoms with Crippen molar-refractivity contribution in [1.82, 2.24) is 0 Å². The summed E-state index contributed by atoms with van der Waals surface area (Å²) in [5.41, 5.74) is 2.79. The van der Waals surface area contributed by atoms with Crippen LogP contribution in [0.1, 0.15) is 54.4 Å². The van der Waals surface area contributed by atoms with E-state index in [0.717, 1.165) is 16.8 Å². The molecule has 0 unspecified atom stereocenters. The molecule has 2 nitrogen and oxygen atoms in total. The van der Waals surface area contributed by atoms with Gasteiger partial charge in [0.25, 0.3) is 0 Å². The molecule has 2 aromatic carbocycles. The van der Waals surface area contributed by atoms with Crippen molar-refractivity contribution >= 4 is 11.5 Å². The minimum Gasteiger partial charge on any atom is -0.365 e. The summed E-state index contributed by atoms with van der Waals surface area (Å²) in [6, 6.07) is 19.1. The van der Waals surface area contributed by atoms with E-state index in [1.165, 1.54) is 38.5 Å². The highest BCUT2D eigenvalue weighted by molar-refractivity contribution is 6.12. The lowest BCUT2D eigenvalue weighted by atomic mass is 9.83. The van der Waals surface area contributed by atoms with Crippen LogP contribution in [-0.4, -0.2) is 17.9 Å². The molecule has 0 atom stereocenters. The summed E-state index contributed by atoms with van der Waals surface area (Å²) in [5, 5.41) is 0. The highest BCUT2D eigenvalue weighted by Crippen LogP contribution is 2.39. The number of carbonyl (C=O) groups excluding carboxylic acids is 1. The number of nitrogens with zero attached hydrogens (tertiary/aromatic N) is 1. The molecule has 2 saturated carbocycles. The van der Waals surface area contributed by atoms with Gasteiger partial charge in [-0.05, 0) is 50.7 Å². The van der Waals surface area contributed by atoms with Gasteiger partial charge in [-0.3, -0.25) is 4.79 Å². The summed E-state index contributed by atoms with van der Waals surface area (Å²) in [4.78, 5) is 15.6. The van der Waals surface area contributed by atoms with E-state index < -0.39 is 0 Å². The van der Waals surface area contributed by atoms with E-state index in [1.54, 1.807) is 0 Å². The normalized spacial score (nSPS) is 18.1. The first kappa shape index (κ1) is 14.5. The summed E-state index contributed by atoms with van der Waals surface area (Å²) >= 11 is 0. The zero-order valence-corrected chi connectivity index (χ0v) is 13.4. The van der Waals surface area contributed by atoms with Gasteiger partial charge in [0, 0.05) is 28.9 Å². The molecule has 2 fully saturated rings. The molecule has 4 rings (SSSR count). The van der Waals surface area contributed by atoms with Crippen LogP contribution in [0.3, 0.4) is 0 Å². The van der Waals surface area contributed by atoms with Crippen molar-refractivity contribution in [3.05, 3.63) is 65.7 Å². The Morgan fingerprint density at radius 3 is 1.91 bits per heavy atom. The van der Waals surface area contributed by atoms with Gasteiger partial charge in [0.05, 0.1) is 0 Å². The van der Waals surface area contributed by atoms with Crippen LogP contribution in [0.2, 0.25) is 0 Å². The summed E-state index contributed by atoms with van der Waals surface area (Å²) in [6.07, 6.45) is 7.72. The van der Waals surface area contributed by atoms with E-state index in [2.05, 4.69) is 17.0 Å². The molecule has 2 heteroatoms. The van der Waals surface area contributed by atoms with Gasteiger partial charge in [-0.1, -0.05) is 42.5 Å². The first-order valence-electron chi connectivity index (χ1n) is 8.82. The molecule has 0 bridgehead atoms. The summed E-state index contributed by atoms with van der Waals surface area (Å²) in [5.74, 6) is 0.143. The van der Waals surface area contributed by atoms with Gasteiger partial charge in [-0.2, -0.15) is 0 Å². The number of para-hydroxylation sites is 1. The number of ketones is 1. The molecule has 23 heavy (non-hydrogen) atoms. The molecule has 0 aliphatic heterocycles. The molecule has 0 heterocycles. The molecular weight excluding hydrogens is 282 g/mol. The number of rotatable bonds is 5. The largest absolute Gasteiger partial charge is 0.365 e. The van der Waals surface area contributed by atoms with Crippen molar-refractivity contribution in [2.45, 2.75) is 50.6 Å². The minimum atomic E-state index is 0.143. The Morgan fingerprint density at radius 2 is 1.35 bits per heavy atom. The predicted molar refractivity (Wildman–Crippen MR) is 94.1 cm³/mol. The van der Waals surface area contributed by atoms with E-state index in [-0.39, 0.29) is 5.78 Å². The zero-order chi connectivity index (χ0) is 15.6. The van der Waals surface area contributed by atoms with Crippen LogP contribution in [0.25, 0.3) is 0 Å². The summed E-state index contributed by atoms with van der Waals surface area (Å²) < 4.78 is 0. The molecule has 2 aliphatic carbocycles. The predicted octanol–water partition coefficient (Wildman–Crippen LogP) is 4.83. The Kier molecular flexibility index (Phi) is 3.90. The number of anilines is 1. The summed E-state index contributed by atoms with van der Waals surface area (Å²) in [7, 11) is 0. The molecule has 2 aromatic rings. The van der Waals surface area contributed by atoms with Crippen LogP contribution >= 0.6 is 0 Å². The maximum absolute atomic E-state index is 13.0. The first-order valence-corrected chi connectivity index (χ1v) is 8.82. The average molecular weight is 305 g/mol. The van der Waals surface area contributed by atoms with Gasteiger partial charge in [-0.25, -0.2) is 0 Å². The maximum atomic E-state index is 13.0. The molecule has 0 aromatic heterocycles. The van der Waals surface area contributed by atoms with Crippen LogP contribution < -0.4 is 4.90 Å². The van der Waals surface area contributed by atoms with E-state index >= 15 is 0 Å². The molecule has 0 N–H and O–H groups in total. The lowest BCUT2D eigenvalue weighted by Crippen LogP contribution is -2.50. The van der Waals surface area contributed by atoms with E-state index in [9.17, 15) is 4.79 Å². The molecule has 0 amide bonds. The Morgan fingerprint density at radius 1 is 0.783 bits per heavy atom. The second-order valence-corrected chi connectivity index (χ2v) is 6.79. The van der Waals surface area contributed by atoms with Gasteiger partial charge in [0.15, 0.2) is 5.78 Å². The zero-order valence-electron chi connectivity index (χ0n) is 13.4. The van der Waals surface area contributed by atoms with Crippen molar-refractivity contribution in [2.75, 3.05) is 4.90 Å². The highest BCUT2D eigenvalue weighted by Gasteiger charge is 2.35. The Hall–Kier alpha value is -2.09. The third kappa shape index (κ3) is 2.67. The third-order valence-electron chi connectivity index (χ3n) is 5.40. The monoisotopic (exact) mass is 305 g/mol. The van der Waals surface area contributed by atoms with Crippen molar-refractivity contribution in [3.63, 3.8) is 0 Å². The first-order chi connectivity index (χ1) is 11.3. The van der Waals surface area contributed by atoms with Gasteiger partial charge in [0.2, 0.25) is 0 Å². The van der Waals surface area contributed by atoms with Crippen molar-refractivity contribution in [3.8, 4) is 0 Å². The Bertz CT molecular complexity index is 672. The summed E-state index contributed by atoms with van der Waals surface area (Å²) in [6.45, 7) is 0. The van der Waals surface area contributed by atoms with Crippen LogP contribution in [-0.2, 0) is 0 Å². The minimum absolute atomic E-state index is 0.143. The molecule has 118 valence electrons. The fourth-order valence-electron chi connectivity index (χ4n) is 3.66. The average Bonchev–Trinajstić information content (AvgIpc) is 2.51. The van der Waals surface area contributed by atoms with Gasteiger partial charge in [0.1, 0.15) is 0 Å². The van der Waals surface area contributed by atoms with Gasteiger partial charge >= 0.3 is 0 Å². The quantitative estimate of drug-likeness (QED) is 0.737. The van der Waals surface area contributed by atoms with E-state index in [0.29, 0.717) is 12.1 Å². The highest BCUT2D eigenvalue weighted by atomic mass is 16.1. The second kappa shape index (κ2) is 6.19. The molecule has 0 radical (unpaired) electrons. The second-order valence-electron chi connectivity index (χ2n) is 6.79. The Balaban J connectivity index is 1.72. The van der Waals surface area contributed by atoms with Crippen LogP contribution in [0.4, 0.5) is 5.69 Å². The van der Waals surface area contributed by atoms with Crippen molar-refractivity contribution in [1.29, 1.82) is 0 Å². The van der Waals surface area contributed by atoms with Gasteiger partial charge in [-0.15, -0.1) is 0 Å². The standard InChI is InChI=1S/C21H23NO/c23-21(16-8-2-1-3-9-16)19-14-4-5-15-20(19)22(17-10-6-11-17)18-12-7-13-18/h1-5,8-9,14-15,17-18H,6-7,10-13H2. The van der Waals surface area contributed by atoms with E-state index in [1.807, 2.05) is 42.5 Å². The molecule has 2 aliphatic rings. The lowest BCUT2D eigenvalue weighted by molar-refractivity contribution is 0.103. The van der Waals surface area contributed by atoms with Crippen LogP contribution in [0.5, 0.6) is 0 Å². The van der Waals surface area contributed by atoms with Crippen LogP contribution in [0.15, 0.2) is 54.6 Å². The number of benzene rings is 2. The number of hydrogen-bond acceptors (Lipinski definition) is 2. The topological polar surface area (TPSA) is 20.3 Å². The fraction of sp³-hybridized carbons (Fsp3) is 0.381. The van der Waals surface area contributed by atoms with E-state index in [4.69, 9.17) is 0 Å². The fourth-order valence-corrected chi connectivity index (χ4v) is 3.66. The third-order valence-corrected chi connectivity index (χ3v) is 5.40. The van der Waals surface area contributed by atoms with Crippen molar-refractivity contribution < 1.29 is 4.79 Å². The maximum Gasteiger partial charge on any atom is 0.195 e. The number of hydrogen-bond donors (Lipinski definition) is 0. The van der Waals surface area contributed by atoms with Crippen molar-refractivity contribution in [2.24, 2.45) is 0 Å². The Labute approximate surface area is 138 Å². The molecular formula is C21H23NO.